The highest BCUT2D eigenvalue weighted by Gasteiger charge is 2.18. The van der Waals surface area contributed by atoms with Crippen LogP contribution in [0.1, 0.15) is 24.8 Å². The van der Waals surface area contributed by atoms with E-state index in [9.17, 15) is 4.79 Å². The fourth-order valence-electron chi connectivity index (χ4n) is 3.52. The lowest BCUT2D eigenvalue weighted by Gasteiger charge is -2.16. The van der Waals surface area contributed by atoms with Crippen LogP contribution >= 0.6 is 0 Å². The number of amides is 1. The highest BCUT2D eigenvalue weighted by molar-refractivity contribution is 5.86. The average Bonchev–Trinajstić information content (AvgIpc) is 3.37. The van der Waals surface area contributed by atoms with Crippen LogP contribution in [-0.2, 0) is 17.8 Å². The van der Waals surface area contributed by atoms with Crippen molar-refractivity contribution >= 4 is 22.8 Å². The lowest BCUT2D eigenvalue weighted by molar-refractivity contribution is -0.121. The number of anilines is 1. The van der Waals surface area contributed by atoms with Crippen LogP contribution in [0.4, 0.5) is 5.82 Å². The monoisotopic (exact) mass is 364 g/mol. The molecule has 1 aliphatic rings. The second-order valence-electron chi connectivity index (χ2n) is 6.83. The highest BCUT2D eigenvalue weighted by Crippen LogP contribution is 2.25. The van der Waals surface area contributed by atoms with Gasteiger partial charge >= 0.3 is 0 Å². The average molecular weight is 364 g/mol. The van der Waals surface area contributed by atoms with E-state index in [1.165, 1.54) is 18.4 Å². The molecule has 140 valence electrons. The van der Waals surface area contributed by atoms with Gasteiger partial charge in [-0.1, -0.05) is 30.3 Å². The number of nitrogens with zero attached hydrogens (tertiary/aromatic N) is 5. The molecule has 0 aliphatic carbocycles. The Hall–Kier alpha value is -2.96. The van der Waals surface area contributed by atoms with E-state index in [0.29, 0.717) is 19.5 Å². The summed E-state index contributed by atoms with van der Waals surface area (Å²) in [6.45, 7) is 3.20. The molecule has 1 aliphatic heterocycles. The Kier molecular flexibility index (Phi) is 5.27. The molecular weight excluding hydrogens is 340 g/mol. The smallest absolute Gasteiger partial charge is 0.220 e. The lowest BCUT2D eigenvalue weighted by atomic mass is 10.1. The van der Waals surface area contributed by atoms with Gasteiger partial charge < -0.3 is 10.2 Å². The normalized spacial score (nSPS) is 14.0. The summed E-state index contributed by atoms with van der Waals surface area (Å²) in [5.74, 6) is 1.03. The zero-order valence-corrected chi connectivity index (χ0v) is 15.3. The molecule has 2 aromatic heterocycles. The van der Waals surface area contributed by atoms with Crippen molar-refractivity contribution in [1.29, 1.82) is 0 Å². The van der Waals surface area contributed by atoms with Gasteiger partial charge in [0.05, 0.1) is 18.1 Å². The van der Waals surface area contributed by atoms with E-state index in [0.717, 1.165) is 36.4 Å². The van der Waals surface area contributed by atoms with Gasteiger partial charge in [0.25, 0.3) is 0 Å². The number of rotatable bonds is 7. The molecule has 27 heavy (non-hydrogen) atoms. The van der Waals surface area contributed by atoms with Crippen LogP contribution in [0.2, 0.25) is 0 Å². The number of nitrogens with one attached hydrogen (secondary N) is 1. The van der Waals surface area contributed by atoms with Crippen molar-refractivity contribution in [2.24, 2.45) is 0 Å². The molecule has 1 fully saturated rings. The molecule has 0 spiro atoms. The maximum atomic E-state index is 12.1. The molecule has 3 aromatic rings. The second kappa shape index (κ2) is 8.16. The van der Waals surface area contributed by atoms with E-state index in [2.05, 4.69) is 25.3 Å². The van der Waals surface area contributed by atoms with Crippen LogP contribution in [0.5, 0.6) is 0 Å². The summed E-state index contributed by atoms with van der Waals surface area (Å²) in [5, 5.41) is 8.41. The SMILES string of the molecule is O=C(CCc1ccccc1)NCCn1ncc2c(N3CCCC3)ncnc21. The topological polar surface area (TPSA) is 75.9 Å². The molecule has 7 heteroatoms. The molecular formula is C20H24N6O. The van der Waals surface area contributed by atoms with Crippen LogP contribution in [0, 0.1) is 0 Å². The van der Waals surface area contributed by atoms with Crippen LogP contribution in [0.25, 0.3) is 11.0 Å². The fraction of sp³-hybridized carbons (Fsp3) is 0.400. The molecule has 1 amide bonds. The minimum absolute atomic E-state index is 0.0581. The van der Waals surface area contributed by atoms with Crippen molar-refractivity contribution in [3.05, 3.63) is 48.4 Å². The number of carbonyl (C=O) groups is 1. The van der Waals surface area contributed by atoms with Crippen LogP contribution in [0.15, 0.2) is 42.9 Å². The van der Waals surface area contributed by atoms with Crippen LogP contribution in [-0.4, -0.2) is 45.3 Å². The van der Waals surface area contributed by atoms with Gasteiger partial charge in [0, 0.05) is 26.1 Å². The summed E-state index contributed by atoms with van der Waals surface area (Å²) in [6.07, 6.45) is 7.09. The third-order valence-electron chi connectivity index (χ3n) is 4.95. The largest absolute Gasteiger partial charge is 0.356 e. The number of benzene rings is 1. The molecule has 4 rings (SSSR count). The van der Waals surface area contributed by atoms with Crippen molar-refractivity contribution in [3.8, 4) is 0 Å². The van der Waals surface area contributed by atoms with Gasteiger partial charge in [-0.2, -0.15) is 5.10 Å². The summed E-state index contributed by atoms with van der Waals surface area (Å²) in [5.41, 5.74) is 2.00. The Morgan fingerprint density at radius 1 is 1.11 bits per heavy atom. The molecule has 1 saturated heterocycles. The Labute approximate surface area is 158 Å². The van der Waals surface area contributed by atoms with Gasteiger partial charge in [0.1, 0.15) is 12.1 Å². The molecule has 1 aromatic carbocycles. The third-order valence-corrected chi connectivity index (χ3v) is 4.95. The van der Waals surface area contributed by atoms with Crippen molar-refractivity contribution in [2.45, 2.75) is 32.2 Å². The minimum atomic E-state index is 0.0581. The molecule has 0 atom stereocenters. The zero-order valence-electron chi connectivity index (χ0n) is 15.3. The van der Waals surface area contributed by atoms with E-state index in [1.807, 2.05) is 41.2 Å². The quantitative estimate of drug-likeness (QED) is 0.695. The Bertz CT molecular complexity index is 901. The molecule has 0 unspecified atom stereocenters. The van der Waals surface area contributed by atoms with Gasteiger partial charge in [0.2, 0.25) is 5.91 Å². The maximum Gasteiger partial charge on any atom is 0.220 e. The Morgan fingerprint density at radius 3 is 2.74 bits per heavy atom. The van der Waals surface area contributed by atoms with Crippen molar-refractivity contribution in [2.75, 3.05) is 24.5 Å². The van der Waals surface area contributed by atoms with Crippen molar-refractivity contribution in [3.63, 3.8) is 0 Å². The maximum absolute atomic E-state index is 12.1. The van der Waals surface area contributed by atoms with Gasteiger partial charge in [-0.05, 0) is 24.8 Å². The lowest BCUT2D eigenvalue weighted by Crippen LogP contribution is -2.27. The Morgan fingerprint density at radius 2 is 1.93 bits per heavy atom. The van der Waals surface area contributed by atoms with Gasteiger partial charge in [-0.3, -0.25) is 4.79 Å². The number of aryl methyl sites for hydroxylation is 1. The van der Waals surface area contributed by atoms with E-state index >= 15 is 0 Å². The number of fused-ring (bicyclic) bond motifs is 1. The highest BCUT2D eigenvalue weighted by atomic mass is 16.1. The molecule has 0 radical (unpaired) electrons. The minimum Gasteiger partial charge on any atom is -0.356 e. The summed E-state index contributed by atoms with van der Waals surface area (Å²) in [6, 6.07) is 10.1. The van der Waals surface area contributed by atoms with Gasteiger partial charge in [-0.15, -0.1) is 0 Å². The van der Waals surface area contributed by atoms with E-state index in [4.69, 9.17) is 0 Å². The van der Waals surface area contributed by atoms with Crippen molar-refractivity contribution in [1.82, 2.24) is 25.1 Å². The zero-order chi connectivity index (χ0) is 18.5. The molecule has 0 saturated carbocycles. The first-order valence-electron chi connectivity index (χ1n) is 9.53. The van der Waals surface area contributed by atoms with Crippen LogP contribution < -0.4 is 10.2 Å². The molecule has 1 N–H and O–H groups in total. The number of hydrogen-bond acceptors (Lipinski definition) is 5. The summed E-state index contributed by atoms with van der Waals surface area (Å²) < 4.78 is 1.84. The number of aromatic nitrogens is 4. The second-order valence-corrected chi connectivity index (χ2v) is 6.83. The van der Waals surface area contributed by atoms with Gasteiger partial charge in [0.15, 0.2) is 5.65 Å². The van der Waals surface area contributed by atoms with E-state index in [1.54, 1.807) is 6.33 Å². The van der Waals surface area contributed by atoms with E-state index in [-0.39, 0.29) is 5.91 Å². The first kappa shape index (κ1) is 17.5. The van der Waals surface area contributed by atoms with Crippen molar-refractivity contribution < 1.29 is 4.79 Å². The first-order chi connectivity index (χ1) is 13.3. The predicted octanol–water partition coefficient (Wildman–Crippen LogP) is 2.18. The summed E-state index contributed by atoms with van der Waals surface area (Å²) in [4.78, 5) is 23.2. The third kappa shape index (κ3) is 4.07. The predicted molar refractivity (Wildman–Crippen MR) is 105 cm³/mol. The standard InChI is InChI=1S/C20H24N6O/c27-18(9-8-16-6-2-1-3-7-16)21-10-13-26-20-17(14-24-26)19(22-15-23-20)25-11-4-5-12-25/h1-3,6-7,14-15H,4-5,8-13H2,(H,21,27). The summed E-state index contributed by atoms with van der Waals surface area (Å²) in [7, 11) is 0. The number of hydrogen-bond donors (Lipinski definition) is 1. The number of carbonyl (C=O) groups excluding carboxylic acids is 1. The Balaban J connectivity index is 1.32. The van der Waals surface area contributed by atoms with E-state index < -0.39 is 0 Å². The first-order valence-corrected chi connectivity index (χ1v) is 9.53. The van der Waals surface area contributed by atoms with Crippen LogP contribution in [0.3, 0.4) is 0 Å². The summed E-state index contributed by atoms with van der Waals surface area (Å²) >= 11 is 0. The fourth-order valence-corrected chi connectivity index (χ4v) is 3.52. The molecule has 0 bridgehead atoms. The molecule has 3 heterocycles. The molecule has 7 nitrogen and oxygen atoms in total. The van der Waals surface area contributed by atoms with Gasteiger partial charge in [-0.25, -0.2) is 14.6 Å².